The van der Waals surface area contributed by atoms with E-state index >= 15 is 0 Å². The van der Waals surface area contributed by atoms with Crippen molar-refractivity contribution < 1.29 is 9.31 Å². The van der Waals surface area contributed by atoms with Crippen LogP contribution in [0.25, 0.3) is 0 Å². The van der Waals surface area contributed by atoms with Crippen molar-refractivity contribution in [3.05, 3.63) is 34.1 Å². The Kier molecular flexibility index (Phi) is 4.57. The second-order valence-electron chi connectivity index (χ2n) is 5.85. The molecule has 110 valence electrons. The number of anilines is 1. The van der Waals surface area contributed by atoms with Crippen molar-refractivity contribution in [3.8, 4) is 0 Å². The summed E-state index contributed by atoms with van der Waals surface area (Å²) in [7, 11) is 0. The van der Waals surface area contributed by atoms with Crippen molar-refractivity contribution in [2.75, 3.05) is 11.4 Å². The third-order valence-electron chi connectivity index (χ3n) is 3.78. The van der Waals surface area contributed by atoms with E-state index in [0.29, 0.717) is 11.6 Å². The van der Waals surface area contributed by atoms with Gasteiger partial charge in [-0.1, -0.05) is 32.8 Å². The van der Waals surface area contributed by atoms with Gasteiger partial charge in [0, 0.05) is 12.6 Å². The molecule has 1 aromatic carbocycles. The fraction of sp³-hybridized carbons (Fsp3) is 0.600. The minimum atomic E-state index is -0.751. The minimum Gasteiger partial charge on any atom is -0.363 e. The highest BCUT2D eigenvalue weighted by molar-refractivity contribution is 5.64. The van der Waals surface area contributed by atoms with Gasteiger partial charge in [-0.3, -0.25) is 10.1 Å². The molecule has 0 spiro atoms. The van der Waals surface area contributed by atoms with E-state index in [4.69, 9.17) is 0 Å². The van der Waals surface area contributed by atoms with Crippen molar-refractivity contribution in [2.45, 2.75) is 45.6 Å². The number of nitro groups is 1. The van der Waals surface area contributed by atoms with Gasteiger partial charge in [-0.15, -0.1) is 0 Å². The lowest BCUT2D eigenvalue weighted by Gasteiger charge is -2.32. The summed E-state index contributed by atoms with van der Waals surface area (Å²) in [5.74, 6) is -0.377. The van der Waals surface area contributed by atoms with E-state index < -0.39 is 10.7 Å². The van der Waals surface area contributed by atoms with Gasteiger partial charge in [-0.2, -0.15) is 4.39 Å². The predicted octanol–water partition coefficient (Wildman–Crippen LogP) is 4.14. The van der Waals surface area contributed by atoms with E-state index in [-0.39, 0.29) is 11.7 Å². The quantitative estimate of drug-likeness (QED) is 0.601. The topological polar surface area (TPSA) is 46.4 Å². The maximum absolute atomic E-state index is 13.8. The molecule has 1 aliphatic rings. The Morgan fingerprint density at radius 2 is 2.05 bits per heavy atom. The summed E-state index contributed by atoms with van der Waals surface area (Å²) in [4.78, 5) is 12.6. The van der Waals surface area contributed by atoms with Gasteiger partial charge in [-0.25, -0.2) is 0 Å². The van der Waals surface area contributed by atoms with Crippen molar-refractivity contribution in [1.29, 1.82) is 0 Å². The Morgan fingerprint density at radius 3 is 2.60 bits per heavy atom. The molecule has 0 heterocycles. The first-order valence-electron chi connectivity index (χ1n) is 7.20. The van der Waals surface area contributed by atoms with Gasteiger partial charge in [0.1, 0.15) is 5.69 Å². The van der Waals surface area contributed by atoms with Crippen LogP contribution in [0, 0.1) is 21.8 Å². The fourth-order valence-electron chi connectivity index (χ4n) is 2.97. The highest BCUT2D eigenvalue weighted by Gasteiger charge is 2.30. The fourth-order valence-corrected chi connectivity index (χ4v) is 2.97. The van der Waals surface area contributed by atoms with Crippen LogP contribution in [-0.2, 0) is 0 Å². The average molecular weight is 280 g/mol. The summed E-state index contributed by atoms with van der Waals surface area (Å²) in [5.41, 5.74) is 0.0376. The molecule has 5 heteroatoms. The zero-order valence-corrected chi connectivity index (χ0v) is 12.0. The molecular formula is C15H21FN2O2. The Hall–Kier alpha value is -1.65. The van der Waals surface area contributed by atoms with E-state index in [1.165, 1.54) is 0 Å². The average Bonchev–Trinajstić information content (AvgIpc) is 2.88. The number of nitrogens with zero attached hydrogens (tertiary/aromatic N) is 2. The van der Waals surface area contributed by atoms with E-state index in [1.807, 2.05) is 4.90 Å². The van der Waals surface area contributed by atoms with Crippen molar-refractivity contribution >= 4 is 11.4 Å². The molecule has 0 saturated heterocycles. The molecule has 0 N–H and O–H groups in total. The molecule has 0 aliphatic heterocycles. The summed E-state index contributed by atoms with van der Waals surface area (Å²) in [6, 6.07) is 4.67. The van der Waals surface area contributed by atoms with Crippen LogP contribution in [0.4, 0.5) is 15.8 Å². The molecule has 20 heavy (non-hydrogen) atoms. The maximum Gasteiger partial charge on any atom is 0.327 e. The first-order chi connectivity index (χ1) is 9.50. The summed E-state index contributed by atoms with van der Waals surface area (Å²) >= 11 is 0. The predicted molar refractivity (Wildman–Crippen MR) is 77.5 cm³/mol. The normalized spacial score (nSPS) is 15.8. The third-order valence-corrected chi connectivity index (χ3v) is 3.78. The molecule has 2 rings (SSSR count). The number of hydrogen-bond acceptors (Lipinski definition) is 3. The van der Waals surface area contributed by atoms with Crippen LogP contribution in [0.2, 0.25) is 0 Å². The molecule has 1 aromatic rings. The van der Waals surface area contributed by atoms with Gasteiger partial charge < -0.3 is 4.90 Å². The Balaban J connectivity index is 2.42. The monoisotopic (exact) mass is 280 g/mol. The van der Waals surface area contributed by atoms with E-state index in [0.717, 1.165) is 38.3 Å². The lowest BCUT2D eigenvalue weighted by molar-refractivity contribution is -0.386. The van der Waals surface area contributed by atoms with Crippen LogP contribution in [0.5, 0.6) is 0 Å². The molecule has 0 unspecified atom stereocenters. The number of nitro benzene ring substituents is 1. The maximum atomic E-state index is 13.8. The SMILES string of the molecule is CC(C)CN(c1cccc(F)c1[N+](=O)[O-])C1CCCC1. The standard InChI is InChI=1S/C15H21FN2O2/c1-11(2)10-17(12-6-3-4-7-12)14-9-5-8-13(16)15(14)18(19)20/h5,8-9,11-12H,3-4,6-7,10H2,1-2H3. The van der Waals surface area contributed by atoms with Crippen molar-refractivity contribution in [1.82, 2.24) is 0 Å². The van der Waals surface area contributed by atoms with Crippen molar-refractivity contribution in [2.24, 2.45) is 5.92 Å². The van der Waals surface area contributed by atoms with Gasteiger partial charge in [0.25, 0.3) is 0 Å². The van der Waals surface area contributed by atoms with E-state index in [9.17, 15) is 14.5 Å². The lowest BCUT2D eigenvalue weighted by atomic mass is 10.1. The zero-order chi connectivity index (χ0) is 14.7. The highest BCUT2D eigenvalue weighted by Crippen LogP contribution is 2.36. The first kappa shape index (κ1) is 14.8. The zero-order valence-electron chi connectivity index (χ0n) is 12.0. The van der Waals surface area contributed by atoms with Gasteiger partial charge in [0.15, 0.2) is 0 Å². The molecule has 0 radical (unpaired) electrons. The summed E-state index contributed by atoms with van der Waals surface area (Å²) in [5, 5.41) is 11.2. The molecule has 4 nitrogen and oxygen atoms in total. The largest absolute Gasteiger partial charge is 0.363 e. The van der Waals surface area contributed by atoms with Crippen LogP contribution < -0.4 is 4.90 Å². The number of benzene rings is 1. The van der Waals surface area contributed by atoms with E-state index in [1.54, 1.807) is 12.1 Å². The van der Waals surface area contributed by atoms with Gasteiger partial charge in [0.2, 0.25) is 5.82 Å². The number of para-hydroxylation sites is 1. The van der Waals surface area contributed by atoms with Crippen LogP contribution in [0.1, 0.15) is 39.5 Å². The summed E-state index contributed by atoms with van der Waals surface area (Å²) in [6.07, 6.45) is 4.34. The van der Waals surface area contributed by atoms with Crippen molar-refractivity contribution in [3.63, 3.8) is 0 Å². The van der Waals surface area contributed by atoms with Crippen LogP contribution in [-0.4, -0.2) is 17.5 Å². The van der Waals surface area contributed by atoms with Crippen LogP contribution >= 0.6 is 0 Å². The van der Waals surface area contributed by atoms with Gasteiger partial charge in [-0.05, 0) is 30.9 Å². The Labute approximate surface area is 118 Å². The second-order valence-corrected chi connectivity index (χ2v) is 5.85. The molecular weight excluding hydrogens is 259 g/mol. The number of rotatable bonds is 5. The number of halogens is 1. The highest BCUT2D eigenvalue weighted by atomic mass is 19.1. The molecule has 0 bridgehead atoms. The minimum absolute atomic E-state index is 0.290. The van der Waals surface area contributed by atoms with Crippen LogP contribution in [0.3, 0.4) is 0 Å². The summed E-state index contributed by atoms with van der Waals surface area (Å²) < 4.78 is 13.8. The Morgan fingerprint density at radius 1 is 1.40 bits per heavy atom. The molecule has 1 saturated carbocycles. The third kappa shape index (κ3) is 3.08. The van der Waals surface area contributed by atoms with E-state index in [2.05, 4.69) is 13.8 Å². The van der Waals surface area contributed by atoms with Gasteiger partial charge in [0.05, 0.1) is 4.92 Å². The second kappa shape index (κ2) is 6.20. The molecule has 1 aliphatic carbocycles. The van der Waals surface area contributed by atoms with Crippen LogP contribution in [0.15, 0.2) is 18.2 Å². The Bertz CT molecular complexity index is 485. The summed E-state index contributed by atoms with van der Waals surface area (Å²) in [6.45, 7) is 4.87. The number of hydrogen-bond donors (Lipinski definition) is 0. The lowest BCUT2D eigenvalue weighted by Crippen LogP contribution is -2.36. The molecule has 0 amide bonds. The van der Waals surface area contributed by atoms with Gasteiger partial charge >= 0.3 is 5.69 Å². The molecule has 1 fully saturated rings. The molecule has 0 atom stereocenters. The smallest absolute Gasteiger partial charge is 0.327 e. The first-order valence-corrected chi connectivity index (χ1v) is 7.20. The molecule has 0 aromatic heterocycles.